The first-order valence-corrected chi connectivity index (χ1v) is 4.61. The quantitative estimate of drug-likeness (QED) is 0.383. The molecule has 1 N–H and O–H groups in total. The number of hydroxylamine groups is 1. The average Bonchev–Trinajstić information content (AvgIpc) is 2.15. The van der Waals surface area contributed by atoms with Crippen molar-refractivity contribution in [1.29, 1.82) is 5.26 Å². The highest BCUT2D eigenvalue weighted by atomic mass is 16.7. The minimum Gasteiger partial charge on any atom is -0.334 e. The Morgan fingerprint density at radius 2 is 2.29 bits per heavy atom. The molecule has 1 unspecified atom stereocenters. The van der Waals surface area contributed by atoms with Gasteiger partial charge in [0.05, 0.1) is 5.92 Å². The van der Waals surface area contributed by atoms with Crippen molar-refractivity contribution < 1.29 is 9.63 Å². The molecular formula is C9H17N3O2. The normalized spacial score (nSPS) is 11.9. The summed E-state index contributed by atoms with van der Waals surface area (Å²) in [4.78, 5) is 17.8. The van der Waals surface area contributed by atoms with Crippen molar-refractivity contribution >= 4 is 5.97 Å². The van der Waals surface area contributed by atoms with Crippen LogP contribution in [0.3, 0.4) is 0 Å². The molecule has 0 aliphatic heterocycles. The molecule has 1 atom stereocenters. The van der Waals surface area contributed by atoms with E-state index in [0.717, 1.165) is 19.4 Å². The van der Waals surface area contributed by atoms with Crippen LogP contribution in [0, 0.1) is 17.4 Å². The third-order valence-corrected chi connectivity index (χ3v) is 1.95. The summed E-state index contributed by atoms with van der Waals surface area (Å²) in [7, 11) is 3.90. The highest BCUT2D eigenvalue weighted by Crippen LogP contribution is 2.09. The van der Waals surface area contributed by atoms with E-state index in [4.69, 9.17) is 5.26 Å². The maximum atomic E-state index is 11.3. The van der Waals surface area contributed by atoms with Gasteiger partial charge in [-0.05, 0) is 33.5 Å². The lowest BCUT2D eigenvalue weighted by Gasteiger charge is -2.15. The number of hydrogen-bond donors (Lipinski definition) is 1. The molecule has 0 bridgehead atoms. The van der Waals surface area contributed by atoms with E-state index in [2.05, 4.69) is 4.84 Å². The van der Waals surface area contributed by atoms with E-state index in [-0.39, 0.29) is 11.9 Å². The Morgan fingerprint density at radius 1 is 1.64 bits per heavy atom. The molecule has 0 aromatic carbocycles. The van der Waals surface area contributed by atoms with Crippen molar-refractivity contribution in [3.05, 3.63) is 0 Å². The van der Waals surface area contributed by atoms with Crippen LogP contribution < -0.4 is 5.48 Å². The third-order valence-electron chi connectivity index (χ3n) is 1.95. The van der Waals surface area contributed by atoms with Crippen LogP contribution in [-0.4, -0.2) is 31.5 Å². The van der Waals surface area contributed by atoms with Gasteiger partial charge < -0.3 is 9.74 Å². The van der Waals surface area contributed by atoms with Gasteiger partial charge in [-0.25, -0.2) is 4.79 Å². The van der Waals surface area contributed by atoms with Crippen molar-refractivity contribution in [2.45, 2.75) is 19.8 Å². The van der Waals surface area contributed by atoms with Gasteiger partial charge in [-0.1, -0.05) is 6.92 Å². The number of rotatable bonds is 6. The minimum absolute atomic E-state index is 0.141. The highest BCUT2D eigenvalue weighted by molar-refractivity contribution is 5.72. The van der Waals surface area contributed by atoms with Gasteiger partial charge in [0.15, 0.2) is 0 Å². The van der Waals surface area contributed by atoms with Gasteiger partial charge in [0.25, 0.3) is 0 Å². The lowest BCUT2D eigenvalue weighted by Crippen LogP contribution is -2.26. The number of carbonyl (C=O) groups excluding carboxylic acids is 1. The zero-order chi connectivity index (χ0) is 11.0. The summed E-state index contributed by atoms with van der Waals surface area (Å²) in [5.41, 5.74) is 1.89. The number of nitrogens with one attached hydrogen (secondary N) is 1. The summed E-state index contributed by atoms with van der Waals surface area (Å²) in [6.45, 7) is 2.76. The molecule has 0 aromatic rings. The molecule has 0 aromatic heterocycles. The van der Waals surface area contributed by atoms with Crippen molar-refractivity contribution in [3.8, 4) is 6.19 Å². The fourth-order valence-corrected chi connectivity index (χ4v) is 1.06. The van der Waals surface area contributed by atoms with Gasteiger partial charge >= 0.3 is 5.97 Å². The largest absolute Gasteiger partial charge is 0.336 e. The molecular weight excluding hydrogens is 182 g/mol. The van der Waals surface area contributed by atoms with E-state index in [1.807, 2.05) is 31.4 Å². The van der Waals surface area contributed by atoms with Gasteiger partial charge in [0.1, 0.15) is 0 Å². The van der Waals surface area contributed by atoms with Crippen LogP contribution >= 0.6 is 0 Å². The zero-order valence-corrected chi connectivity index (χ0v) is 8.91. The Morgan fingerprint density at radius 3 is 2.71 bits per heavy atom. The van der Waals surface area contributed by atoms with Crippen molar-refractivity contribution in [3.63, 3.8) is 0 Å². The molecule has 5 heteroatoms. The summed E-state index contributed by atoms with van der Waals surface area (Å²) in [5.74, 6) is -0.505. The monoisotopic (exact) mass is 199 g/mol. The molecule has 0 aliphatic carbocycles. The number of nitriles is 1. The topological polar surface area (TPSA) is 65.4 Å². The first kappa shape index (κ1) is 12.7. The molecule has 0 aliphatic rings. The predicted molar refractivity (Wildman–Crippen MR) is 51.8 cm³/mol. The Balaban J connectivity index is 3.88. The highest BCUT2D eigenvalue weighted by Gasteiger charge is 2.18. The van der Waals surface area contributed by atoms with E-state index in [9.17, 15) is 4.79 Å². The number of nitrogens with zero attached hydrogens (tertiary/aromatic N) is 2. The van der Waals surface area contributed by atoms with Crippen LogP contribution in [0.25, 0.3) is 0 Å². The van der Waals surface area contributed by atoms with Crippen molar-refractivity contribution in [2.75, 3.05) is 20.6 Å². The second-order valence-corrected chi connectivity index (χ2v) is 3.33. The van der Waals surface area contributed by atoms with E-state index in [0.29, 0.717) is 0 Å². The summed E-state index contributed by atoms with van der Waals surface area (Å²) in [5, 5.41) is 8.14. The maximum absolute atomic E-state index is 11.3. The van der Waals surface area contributed by atoms with Crippen LogP contribution in [0.4, 0.5) is 0 Å². The lowest BCUT2D eigenvalue weighted by atomic mass is 10.0. The molecule has 0 heterocycles. The first-order chi connectivity index (χ1) is 6.61. The summed E-state index contributed by atoms with van der Waals surface area (Å²) in [6, 6.07) is 0. The molecule has 0 radical (unpaired) electrons. The fourth-order valence-electron chi connectivity index (χ4n) is 1.06. The molecule has 80 valence electrons. The fraction of sp³-hybridized carbons (Fsp3) is 0.778. The van der Waals surface area contributed by atoms with Gasteiger partial charge in [0, 0.05) is 0 Å². The third kappa shape index (κ3) is 5.38. The summed E-state index contributed by atoms with van der Waals surface area (Å²) >= 11 is 0. The maximum Gasteiger partial charge on any atom is 0.336 e. The smallest absolute Gasteiger partial charge is 0.334 e. The van der Waals surface area contributed by atoms with E-state index >= 15 is 0 Å². The van der Waals surface area contributed by atoms with Crippen LogP contribution in [0.15, 0.2) is 0 Å². The van der Waals surface area contributed by atoms with Gasteiger partial charge in [-0.2, -0.15) is 10.7 Å². The second kappa shape index (κ2) is 7.15. The van der Waals surface area contributed by atoms with Gasteiger partial charge in [0.2, 0.25) is 6.19 Å². The number of carbonyl (C=O) groups is 1. The standard InChI is InChI=1S/C9H17N3O2/c1-4-8(5-6-12(2)3)9(13)14-11-7-10/h8,11H,4-6H2,1-3H3. The summed E-state index contributed by atoms with van der Waals surface area (Å²) in [6.07, 6.45) is 3.01. The molecule has 14 heavy (non-hydrogen) atoms. The van der Waals surface area contributed by atoms with Crippen LogP contribution in [0.1, 0.15) is 19.8 Å². The molecule has 0 amide bonds. The molecule has 5 nitrogen and oxygen atoms in total. The molecule has 0 fully saturated rings. The van der Waals surface area contributed by atoms with Gasteiger partial charge in [-0.3, -0.25) is 0 Å². The summed E-state index contributed by atoms with van der Waals surface area (Å²) < 4.78 is 0. The zero-order valence-electron chi connectivity index (χ0n) is 8.91. The minimum atomic E-state index is -0.365. The van der Waals surface area contributed by atoms with E-state index in [1.165, 1.54) is 6.19 Å². The number of hydrogen-bond acceptors (Lipinski definition) is 5. The SMILES string of the molecule is CCC(CCN(C)C)C(=O)ONC#N. The molecule has 0 saturated heterocycles. The molecule has 0 spiro atoms. The molecule has 0 rings (SSSR count). The first-order valence-electron chi connectivity index (χ1n) is 4.61. The Kier molecular flexibility index (Phi) is 6.50. The van der Waals surface area contributed by atoms with Crippen molar-refractivity contribution in [1.82, 2.24) is 10.4 Å². The van der Waals surface area contributed by atoms with Crippen LogP contribution in [0.2, 0.25) is 0 Å². The van der Waals surface area contributed by atoms with Crippen LogP contribution in [-0.2, 0) is 9.63 Å². The Bertz CT molecular complexity index is 211. The Labute approximate surface area is 84.6 Å². The lowest BCUT2D eigenvalue weighted by molar-refractivity contribution is -0.154. The van der Waals surface area contributed by atoms with Crippen LogP contribution in [0.5, 0.6) is 0 Å². The van der Waals surface area contributed by atoms with Crippen molar-refractivity contribution in [2.24, 2.45) is 5.92 Å². The van der Waals surface area contributed by atoms with E-state index < -0.39 is 0 Å². The second-order valence-electron chi connectivity index (χ2n) is 3.33. The Hall–Kier alpha value is -1.28. The van der Waals surface area contributed by atoms with Gasteiger partial charge in [-0.15, -0.1) is 0 Å². The van der Waals surface area contributed by atoms with E-state index in [1.54, 1.807) is 0 Å². The average molecular weight is 199 g/mol. The molecule has 0 saturated carbocycles. The predicted octanol–water partition coefficient (Wildman–Crippen LogP) is 0.493.